The van der Waals surface area contributed by atoms with E-state index in [1.54, 1.807) is 0 Å². The Morgan fingerprint density at radius 2 is 2.33 bits per heavy atom. The fourth-order valence-corrected chi connectivity index (χ4v) is 3.16. The highest BCUT2D eigenvalue weighted by Gasteiger charge is 2.42. The molecule has 2 atom stereocenters. The third-order valence-corrected chi connectivity index (χ3v) is 4.37. The van der Waals surface area contributed by atoms with Crippen molar-refractivity contribution < 1.29 is 4.74 Å². The van der Waals surface area contributed by atoms with Crippen molar-refractivity contribution in [2.75, 3.05) is 6.61 Å². The van der Waals surface area contributed by atoms with Crippen LogP contribution < -0.4 is 5.32 Å². The normalized spacial score (nSPS) is 27.7. The molecule has 0 aromatic carbocycles. The molecule has 1 N–H and O–H groups in total. The fraction of sp³-hybridized carbons (Fsp3) is 0.667. The van der Waals surface area contributed by atoms with Gasteiger partial charge in [-0.1, -0.05) is 6.07 Å². The molecular formula is C15H22N2O. The second kappa shape index (κ2) is 4.98. The number of rotatable bonds is 3. The topological polar surface area (TPSA) is 34.1 Å². The molecular weight excluding hydrogens is 224 g/mol. The molecule has 0 amide bonds. The summed E-state index contributed by atoms with van der Waals surface area (Å²) in [5.41, 5.74) is 1.35. The first-order valence-electron chi connectivity index (χ1n) is 7.08. The zero-order valence-corrected chi connectivity index (χ0v) is 11.1. The van der Waals surface area contributed by atoms with Gasteiger partial charge in [0.2, 0.25) is 0 Å². The maximum absolute atomic E-state index is 5.96. The summed E-state index contributed by atoms with van der Waals surface area (Å²) in [4.78, 5) is 4.42. The minimum atomic E-state index is 0.222. The Bertz CT molecular complexity index is 389. The smallest absolute Gasteiger partial charge is 0.0697 e. The third kappa shape index (κ3) is 2.43. The standard InChI is InChI=1S/C15H22N2O/c1-12(14-5-2-3-9-16-14)17-13-6-10-18-15(11-13)7-4-8-15/h2-3,5,9,12-13,17H,4,6-8,10-11H2,1H3. The van der Waals surface area contributed by atoms with E-state index in [4.69, 9.17) is 4.74 Å². The van der Waals surface area contributed by atoms with E-state index in [0.29, 0.717) is 12.1 Å². The molecule has 1 aromatic rings. The van der Waals surface area contributed by atoms with Gasteiger partial charge in [-0.25, -0.2) is 0 Å². The molecule has 18 heavy (non-hydrogen) atoms. The zero-order valence-electron chi connectivity index (χ0n) is 11.1. The van der Waals surface area contributed by atoms with Crippen molar-refractivity contribution in [1.29, 1.82) is 0 Å². The van der Waals surface area contributed by atoms with Crippen LogP contribution in [0, 0.1) is 0 Å². The van der Waals surface area contributed by atoms with Gasteiger partial charge in [-0.2, -0.15) is 0 Å². The average Bonchev–Trinajstić information content (AvgIpc) is 2.38. The van der Waals surface area contributed by atoms with Gasteiger partial charge in [0.1, 0.15) is 0 Å². The van der Waals surface area contributed by atoms with E-state index < -0.39 is 0 Å². The number of nitrogens with one attached hydrogen (secondary N) is 1. The van der Waals surface area contributed by atoms with Crippen LogP contribution in [-0.4, -0.2) is 23.2 Å². The van der Waals surface area contributed by atoms with Crippen molar-refractivity contribution in [3.63, 3.8) is 0 Å². The van der Waals surface area contributed by atoms with Gasteiger partial charge in [-0.15, -0.1) is 0 Å². The van der Waals surface area contributed by atoms with E-state index in [1.807, 2.05) is 12.3 Å². The van der Waals surface area contributed by atoms with Crippen LogP contribution in [0.4, 0.5) is 0 Å². The summed E-state index contributed by atoms with van der Waals surface area (Å²) < 4.78 is 5.96. The lowest BCUT2D eigenvalue weighted by atomic mass is 9.74. The molecule has 1 saturated carbocycles. The second-order valence-electron chi connectivity index (χ2n) is 5.72. The second-order valence-corrected chi connectivity index (χ2v) is 5.72. The van der Waals surface area contributed by atoms with E-state index in [0.717, 1.165) is 18.7 Å². The van der Waals surface area contributed by atoms with Gasteiger partial charge in [0.15, 0.2) is 0 Å². The maximum atomic E-state index is 5.96. The molecule has 2 heterocycles. The van der Waals surface area contributed by atoms with Crippen molar-refractivity contribution in [2.45, 2.75) is 56.7 Å². The van der Waals surface area contributed by atoms with Crippen molar-refractivity contribution >= 4 is 0 Å². The molecule has 3 heteroatoms. The lowest BCUT2D eigenvalue weighted by Gasteiger charge is -2.47. The van der Waals surface area contributed by atoms with Gasteiger partial charge in [-0.3, -0.25) is 4.98 Å². The molecule has 0 radical (unpaired) electrons. The molecule has 1 aromatic heterocycles. The van der Waals surface area contributed by atoms with Crippen LogP contribution in [0.5, 0.6) is 0 Å². The van der Waals surface area contributed by atoms with Crippen LogP contribution in [0.2, 0.25) is 0 Å². The first-order valence-corrected chi connectivity index (χ1v) is 7.08. The Morgan fingerprint density at radius 1 is 1.44 bits per heavy atom. The zero-order chi connectivity index (χ0) is 12.4. The molecule has 1 aliphatic heterocycles. The van der Waals surface area contributed by atoms with Crippen LogP contribution in [0.15, 0.2) is 24.4 Å². The van der Waals surface area contributed by atoms with Gasteiger partial charge in [0, 0.05) is 24.9 Å². The Balaban J connectivity index is 1.59. The largest absolute Gasteiger partial charge is 0.375 e. The van der Waals surface area contributed by atoms with E-state index >= 15 is 0 Å². The average molecular weight is 246 g/mol. The van der Waals surface area contributed by atoms with Crippen molar-refractivity contribution in [1.82, 2.24) is 10.3 Å². The molecule has 3 rings (SSSR count). The molecule has 98 valence electrons. The van der Waals surface area contributed by atoms with Gasteiger partial charge >= 0.3 is 0 Å². The van der Waals surface area contributed by atoms with Crippen molar-refractivity contribution in [2.24, 2.45) is 0 Å². The Labute approximate surface area is 109 Å². The third-order valence-electron chi connectivity index (χ3n) is 4.37. The highest BCUT2D eigenvalue weighted by Crippen LogP contribution is 2.42. The molecule has 0 bridgehead atoms. The molecule has 1 aliphatic carbocycles. The highest BCUT2D eigenvalue weighted by molar-refractivity contribution is 5.08. The summed E-state index contributed by atoms with van der Waals surface area (Å²) >= 11 is 0. The molecule has 2 aliphatic rings. The van der Waals surface area contributed by atoms with Crippen molar-refractivity contribution in [3.05, 3.63) is 30.1 Å². The molecule has 2 unspecified atom stereocenters. The van der Waals surface area contributed by atoms with E-state index in [-0.39, 0.29) is 5.60 Å². The van der Waals surface area contributed by atoms with E-state index in [2.05, 4.69) is 29.4 Å². The van der Waals surface area contributed by atoms with Gasteiger partial charge in [-0.05, 0) is 51.2 Å². The summed E-state index contributed by atoms with van der Waals surface area (Å²) in [5.74, 6) is 0. The molecule has 3 nitrogen and oxygen atoms in total. The monoisotopic (exact) mass is 246 g/mol. The Hall–Kier alpha value is -0.930. The SMILES string of the molecule is CC(NC1CCOC2(CCC2)C1)c1ccccn1. The lowest BCUT2D eigenvalue weighted by Crippen LogP contribution is -2.51. The van der Waals surface area contributed by atoms with Gasteiger partial charge < -0.3 is 10.1 Å². The summed E-state index contributed by atoms with van der Waals surface area (Å²) in [6.45, 7) is 3.11. The molecule has 1 spiro atoms. The minimum absolute atomic E-state index is 0.222. The number of nitrogens with zero attached hydrogens (tertiary/aromatic N) is 1. The minimum Gasteiger partial charge on any atom is -0.375 e. The van der Waals surface area contributed by atoms with Crippen LogP contribution >= 0.6 is 0 Å². The van der Waals surface area contributed by atoms with Crippen LogP contribution in [0.3, 0.4) is 0 Å². The fourth-order valence-electron chi connectivity index (χ4n) is 3.16. The first-order chi connectivity index (χ1) is 8.77. The predicted octanol–water partition coefficient (Wildman–Crippen LogP) is 2.83. The number of aromatic nitrogens is 1. The summed E-state index contributed by atoms with van der Waals surface area (Å²) in [6, 6.07) is 7.02. The van der Waals surface area contributed by atoms with Gasteiger partial charge in [0.25, 0.3) is 0 Å². The summed E-state index contributed by atoms with van der Waals surface area (Å²) in [6.07, 6.45) is 8.00. The Morgan fingerprint density at radius 3 is 3.00 bits per heavy atom. The van der Waals surface area contributed by atoms with Crippen molar-refractivity contribution in [3.8, 4) is 0 Å². The predicted molar refractivity (Wildman–Crippen MR) is 71.3 cm³/mol. The van der Waals surface area contributed by atoms with E-state index in [1.165, 1.54) is 25.7 Å². The van der Waals surface area contributed by atoms with E-state index in [9.17, 15) is 0 Å². The molecule has 2 fully saturated rings. The van der Waals surface area contributed by atoms with Crippen LogP contribution in [0.1, 0.15) is 50.8 Å². The molecule has 1 saturated heterocycles. The number of hydrogen-bond donors (Lipinski definition) is 1. The first kappa shape index (κ1) is 12.1. The number of hydrogen-bond acceptors (Lipinski definition) is 3. The summed E-state index contributed by atoms with van der Waals surface area (Å²) in [7, 11) is 0. The maximum Gasteiger partial charge on any atom is 0.0697 e. The van der Waals surface area contributed by atoms with Crippen LogP contribution in [-0.2, 0) is 4.74 Å². The number of ether oxygens (including phenoxy) is 1. The quantitative estimate of drug-likeness (QED) is 0.890. The Kier molecular flexibility index (Phi) is 3.35. The highest BCUT2D eigenvalue weighted by atomic mass is 16.5. The van der Waals surface area contributed by atoms with Crippen LogP contribution in [0.25, 0.3) is 0 Å². The van der Waals surface area contributed by atoms with Gasteiger partial charge in [0.05, 0.1) is 11.3 Å². The lowest BCUT2D eigenvalue weighted by molar-refractivity contribution is -0.136. The number of pyridine rings is 1. The summed E-state index contributed by atoms with van der Waals surface area (Å²) in [5, 5.41) is 3.72.